The maximum absolute atomic E-state index is 12.5. The molecule has 0 bridgehead atoms. The van der Waals surface area contributed by atoms with Crippen LogP contribution in [-0.4, -0.2) is 48.3 Å². The number of nitrogens with zero attached hydrogens (tertiary/aromatic N) is 1. The number of amides is 2. The number of esters is 1. The molecule has 2 N–H and O–H groups in total. The van der Waals surface area contributed by atoms with Crippen LogP contribution in [0.5, 0.6) is 5.75 Å². The van der Waals surface area contributed by atoms with Crippen molar-refractivity contribution in [3.05, 3.63) is 60.6 Å². The van der Waals surface area contributed by atoms with Gasteiger partial charge in [-0.3, -0.25) is 9.59 Å². The number of aromatic nitrogens is 1. The van der Waals surface area contributed by atoms with E-state index in [0.717, 1.165) is 4.90 Å². The lowest BCUT2D eigenvalue weighted by molar-refractivity contribution is -0.137. The van der Waals surface area contributed by atoms with Gasteiger partial charge in [-0.15, -0.1) is 11.8 Å². The Hall–Kier alpha value is -3.79. The fourth-order valence-corrected chi connectivity index (χ4v) is 3.91. The summed E-state index contributed by atoms with van der Waals surface area (Å²) in [5, 5.41) is 5.33. The van der Waals surface area contributed by atoms with Gasteiger partial charge in [0.05, 0.1) is 31.5 Å². The Morgan fingerprint density at radius 2 is 1.79 bits per heavy atom. The minimum atomic E-state index is -0.796. The SMILES string of the molecule is COC(=O)c1ccc(SCC(C)(C)NC(=O)C(=O)Nc2ccc(-c3cnco3)c(OC)c2)cc1. The first-order valence-electron chi connectivity index (χ1n) is 10.2. The van der Waals surface area contributed by atoms with Crippen LogP contribution in [0.2, 0.25) is 0 Å². The minimum absolute atomic E-state index is 0.401. The highest BCUT2D eigenvalue weighted by atomic mass is 32.2. The Balaban J connectivity index is 1.57. The van der Waals surface area contributed by atoms with Crippen LogP contribution >= 0.6 is 11.8 Å². The van der Waals surface area contributed by atoms with Gasteiger partial charge in [-0.25, -0.2) is 9.78 Å². The van der Waals surface area contributed by atoms with Crippen LogP contribution in [0.1, 0.15) is 24.2 Å². The van der Waals surface area contributed by atoms with Gasteiger partial charge in [0.25, 0.3) is 0 Å². The number of ether oxygens (including phenoxy) is 2. The summed E-state index contributed by atoms with van der Waals surface area (Å²) in [5.41, 5.74) is 0.855. The molecule has 0 atom stereocenters. The molecule has 9 nitrogen and oxygen atoms in total. The molecule has 2 amide bonds. The lowest BCUT2D eigenvalue weighted by atomic mass is 10.1. The molecule has 0 spiro atoms. The maximum Gasteiger partial charge on any atom is 0.337 e. The zero-order chi connectivity index (χ0) is 24.7. The predicted molar refractivity (Wildman–Crippen MR) is 128 cm³/mol. The molecular formula is C24H25N3O6S. The third-order valence-corrected chi connectivity index (χ3v) is 6.16. The fraction of sp³-hybridized carbons (Fsp3) is 0.250. The normalized spacial score (nSPS) is 10.9. The van der Waals surface area contributed by atoms with Crippen molar-refractivity contribution in [2.45, 2.75) is 24.3 Å². The molecule has 0 saturated heterocycles. The number of anilines is 1. The Bertz CT molecular complexity index is 1160. The molecule has 0 aliphatic heterocycles. The second-order valence-electron chi connectivity index (χ2n) is 7.88. The lowest BCUT2D eigenvalue weighted by Gasteiger charge is -2.25. The van der Waals surface area contributed by atoms with Gasteiger partial charge >= 0.3 is 17.8 Å². The molecule has 1 heterocycles. The molecule has 3 aromatic rings. The maximum atomic E-state index is 12.5. The number of hydrogen-bond donors (Lipinski definition) is 2. The number of carbonyl (C=O) groups excluding carboxylic acids is 3. The molecule has 0 unspecified atom stereocenters. The smallest absolute Gasteiger partial charge is 0.337 e. The molecule has 1 aromatic heterocycles. The van der Waals surface area contributed by atoms with Gasteiger partial charge in [-0.05, 0) is 50.2 Å². The Kier molecular flexibility index (Phi) is 7.95. The van der Waals surface area contributed by atoms with E-state index in [4.69, 9.17) is 9.15 Å². The zero-order valence-electron chi connectivity index (χ0n) is 19.2. The third kappa shape index (κ3) is 6.38. The van der Waals surface area contributed by atoms with E-state index in [1.54, 1.807) is 48.7 Å². The number of methoxy groups -OCH3 is 2. The highest BCUT2D eigenvalue weighted by Crippen LogP contribution is 2.32. The van der Waals surface area contributed by atoms with Gasteiger partial charge < -0.3 is 24.5 Å². The molecule has 178 valence electrons. The molecule has 2 aromatic carbocycles. The first kappa shape index (κ1) is 24.8. The van der Waals surface area contributed by atoms with Crippen LogP contribution in [0, 0.1) is 0 Å². The fourth-order valence-electron chi connectivity index (χ4n) is 2.98. The summed E-state index contributed by atoms with van der Waals surface area (Å²) in [6, 6.07) is 11.9. The first-order valence-corrected chi connectivity index (χ1v) is 11.2. The quantitative estimate of drug-likeness (QED) is 0.282. The molecule has 0 radical (unpaired) electrons. The summed E-state index contributed by atoms with van der Waals surface area (Å²) in [5.74, 6) is -0.472. The van der Waals surface area contributed by atoms with E-state index >= 15 is 0 Å². The summed E-state index contributed by atoms with van der Waals surface area (Å²) in [4.78, 5) is 41.3. The van der Waals surface area contributed by atoms with Crippen molar-refractivity contribution < 1.29 is 28.3 Å². The van der Waals surface area contributed by atoms with E-state index in [1.807, 2.05) is 13.8 Å². The van der Waals surface area contributed by atoms with Crippen LogP contribution in [-0.2, 0) is 14.3 Å². The van der Waals surface area contributed by atoms with Gasteiger partial charge in [0, 0.05) is 27.9 Å². The lowest BCUT2D eigenvalue weighted by Crippen LogP contribution is -2.49. The van der Waals surface area contributed by atoms with Crippen molar-refractivity contribution >= 4 is 35.2 Å². The van der Waals surface area contributed by atoms with Crippen molar-refractivity contribution in [1.82, 2.24) is 10.3 Å². The van der Waals surface area contributed by atoms with Crippen LogP contribution < -0.4 is 15.4 Å². The zero-order valence-corrected chi connectivity index (χ0v) is 20.0. The van der Waals surface area contributed by atoms with Crippen molar-refractivity contribution in [3.8, 4) is 17.1 Å². The standard InChI is InChI=1S/C24H25N3O6S/c1-24(2,13-34-17-8-5-15(6-9-17)23(30)32-4)27-22(29)21(28)26-16-7-10-18(19(11-16)31-3)20-12-25-14-33-20/h5-12,14H,13H2,1-4H3,(H,26,28)(H,27,29). The van der Waals surface area contributed by atoms with Crippen LogP contribution in [0.15, 0.2) is 64.4 Å². The second-order valence-corrected chi connectivity index (χ2v) is 8.93. The largest absolute Gasteiger partial charge is 0.496 e. The van der Waals surface area contributed by atoms with E-state index in [9.17, 15) is 14.4 Å². The number of benzene rings is 2. The van der Waals surface area contributed by atoms with E-state index in [0.29, 0.717) is 34.1 Å². The predicted octanol–water partition coefficient (Wildman–Crippen LogP) is 3.76. The van der Waals surface area contributed by atoms with Gasteiger partial charge in [0.2, 0.25) is 0 Å². The van der Waals surface area contributed by atoms with E-state index in [-0.39, 0.29) is 0 Å². The van der Waals surface area contributed by atoms with E-state index in [1.165, 1.54) is 32.4 Å². The number of thioether (sulfide) groups is 1. The molecule has 10 heteroatoms. The number of oxazole rings is 1. The molecule has 0 fully saturated rings. The topological polar surface area (TPSA) is 120 Å². The van der Waals surface area contributed by atoms with Crippen LogP contribution in [0.3, 0.4) is 0 Å². The Morgan fingerprint density at radius 1 is 1.06 bits per heavy atom. The van der Waals surface area contributed by atoms with Crippen molar-refractivity contribution in [3.63, 3.8) is 0 Å². The summed E-state index contributed by atoms with van der Waals surface area (Å²) in [6.45, 7) is 3.65. The Morgan fingerprint density at radius 3 is 2.41 bits per heavy atom. The molecule has 0 aliphatic rings. The summed E-state index contributed by atoms with van der Waals surface area (Å²) < 4.78 is 15.3. The van der Waals surface area contributed by atoms with Gasteiger partial charge in [0.15, 0.2) is 12.2 Å². The van der Waals surface area contributed by atoms with E-state index in [2.05, 4.69) is 20.4 Å². The van der Waals surface area contributed by atoms with E-state index < -0.39 is 23.3 Å². The van der Waals surface area contributed by atoms with Crippen molar-refractivity contribution in [2.75, 3.05) is 25.3 Å². The van der Waals surface area contributed by atoms with Crippen LogP contribution in [0.25, 0.3) is 11.3 Å². The number of hydrogen-bond acceptors (Lipinski definition) is 8. The average molecular weight is 484 g/mol. The van der Waals surface area contributed by atoms with Crippen molar-refractivity contribution in [2.24, 2.45) is 0 Å². The summed E-state index contributed by atoms with van der Waals surface area (Å²) in [7, 11) is 2.83. The molecular weight excluding hydrogens is 458 g/mol. The molecule has 3 rings (SSSR count). The van der Waals surface area contributed by atoms with Gasteiger partial charge in [-0.1, -0.05) is 0 Å². The summed E-state index contributed by atoms with van der Waals surface area (Å²) in [6.07, 6.45) is 2.86. The van der Waals surface area contributed by atoms with Gasteiger partial charge in [-0.2, -0.15) is 0 Å². The number of nitrogens with one attached hydrogen (secondary N) is 2. The molecule has 34 heavy (non-hydrogen) atoms. The molecule has 0 saturated carbocycles. The van der Waals surface area contributed by atoms with Gasteiger partial charge in [0.1, 0.15) is 5.75 Å². The third-order valence-electron chi connectivity index (χ3n) is 4.69. The summed E-state index contributed by atoms with van der Waals surface area (Å²) >= 11 is 1.49. The highest BCUT2D eigenvalue weighted by molar-refractivity contribution is 7.99. The highest BCUT2D eigenvalue weighted by Gasteiger charge is 2.25. The Labute approximate surface area is 201 Å². The van der Waals surface area contributed by atoms with Crippen LogP contribution in [0.4, 0.5) is 5.69 Å². The second kappa shape index (κ2) is 10.9. The monoisotopic (exact) mass is 483 g/mol. The first-order chi connectivity index (χ1) is 16.2. The average Bonchev–Trinajstić information content (AvgIpc) is 3.37. The number of carbonyl (C=O) groups is 3. The number of rotatable bonds is 8. The van der Waals surface area contributed by atoms with Crippen molar-refractivity contribution in [1.29, 1.82) is 0 Å². The minimum Gasteiger partial charge on any atom is -0.496 e. The molecule has 0 aliphatic carbocycles.